The molecular weight excluding hydrogens is 549 g/mol. The average Bonchev–Trinajstić information content (AvgIpc) is 3.33. The van der Waals surface area contributed by atoms with Gasteiger partial charge in [0, 0.05) is 43.6 Å². The van der Waals surface area contributed by atoms with Gasteiger partial charge >= 0.3 is 0 Å². The molecule has 0 unspecified atom stereocenters. The highest BCUT2D eigenvalue weighted by molar-refractivity contribution is 6.34. The summed E-state index contributed by atoms with van der Waals surface area (Å²) in [4.78, 5) is 30.2. The number of fused-ring (bicyclic) bond motifs is 1. The van der Waals surface area contributed by atoms with Gasteiger partial charge in [0.25, 0.3) is 5.91 Å². The number of halogens is 4. The van der Waals surface area contributed by atoms with Crippen LogP contribution in [0.25, 0.3) is 16.7 Å². The van der Waals surface area contributed by atoms with Gasteiger partial charge in [-0.3, -0.25) is 14.6 Å². The van der Waals surface area contributed by atoms with E-state index in [1.807, 2.05) is 12.1 Å². The van der Waals surface area contributed by atoms with E-state index in [0.29, 0.717) is 34.4 Å². The van der Waals surface area contributed by atoms with E-state index in [1.54, 1.807) is 36.5 Å². The molecule has 0 bridgehead atoms. The van der Waals surface area contributed by atoms with E-state index in [9.17, 15) is 22.8 Å². The average molecular weight is 575 g/mol. The summed E-state index contributed by atoms with van der Waals surface area (Å²) < 4.78 is 42.1. The van der Waals surface area contributed by atoms with Crippen LogP contribution in [0.4, 0.5) is 13.2 Å². The number of nitrogens with zero attached hydrogens (tertiary/aromatic N) is 1. The van der Waals surface area contributed by atoms with Gasteiger partial charge in [0.05, 0.1) is 16.3 Å². The summed E-state index contributed by atoms with van der Waals surface area (Å²) in [7, 11) is 1.51. The van der Waals surface area contributed by atoms with Crippen LogP contribution in [0.5, 0.6) is 0 Å². The number of amides is 1. The lowest BCUT2D eigenvalue weighted by molar-refractivity contribution is -0.118. The number of Topliss-reactive ketones (excluding diaryl/α,β-unsaturated/α-hetero) is 1. The number of carbonyl (C=O) groups is 2. The van der Waals surface area contributed by atoms with Crippen molar-refractivity contribution in [1.82, 2.24) is 10.3 Å². The van der Waals surface area contributed by atoms with Gasteiger partial charge in [0.2, 0.25) is 0 Å². The summed E-state index contributed by atoms with van der Waals surface area (Å²) in [6, 6.07) is 16.4. The number of hydrogen-bond acceptors (Lipinski definition) is 3. The van der Waals surface area contributed by atoms with E-state index in [-0.39, 0.29) is 41.8 Å². The van der Waals surface area contributed by atoms with Crippen molar-refractivity contribution in [2.24, 2.45) is 0 Å². The lowest BCUT2D eigenvalue weighted by Crippen LogP contribution is -2.18. The third kappa shape index (κ3) is 6.41. The standard InChI is InChI=1S/C33H26ClF3N2O2/c1-38-33(41)29-9-7-22(16-31(29)34)28-3-2-10-39-32(28)23(11-19-12-25(36)17-26(37)13-19)15-27(40)14-21-5-4-20-6-8-24(35)18-30(20)21/h2-3,5-10,12-13,16-18,23H,4,11,14-15H2,1H3,(H,38,41)/t23-/m1/s1. The first-order chi connectivity index (χ1) is 19.7. The Bertz CT molecular complexity index is 1670. The predicted molar refractivity (Wildman–Crippen MR) is 153 cm³/mol. The number of rotatable bonds is 9. The van der Waals surface area contributed by atoms with E-state index >= 15 is 0 Å². The van der Waals surface area contributed by atoms with Crippen molar-refractivity contribution in [1.29, 1.82) is 0 Å². The van der Waals surface area contributed by atoms with Crippen LogP contribution in [0.1, 0.15) is 51.5 Å². The molecule has 4 aromatic rings. The molecule has 1 aromatic heterocycles. The van der Waals surface area contributed by atoms with Crippen molar-refractivity contribution in [2.45, 2.75) is 31.6 Å². The number of aromatic nitrogens is 1. The summed E-state index contributed by atoms with van der Waals surface area (Å²) in [6.45, 7) is 0. The van der Waals surface area contributed by atoms with Gasteiger partial charge in [-0.25, -0.2) is 13.2 Å². The fourth-order valence-electron chi connectivity index (χ4n) is 5.36. The molecule has 0 saturated carbocycles. The third-order valence-corrected chi connectivity index (χ3v) is 7.54. The number of allylic oxidation sites excluding steroid dienone is 2. The molecule has 3 aromatic carbocycles. The number of hydrogen-bond donors (Lipinski definition) is 1. The fourth-order valence-corrected chi connectivity index (χ4v) is 5.63. The molecule has 1 N–H and O–H groups in total. The first-order valence-electron chi connectivity index (χ1n) is 13.1. The van der Waals surface area contributed by atoms with Gasteiger partial charge in [-0.15, -0.1) is 0 Å². The first-order valence-corrected chi connectivity index (χ1v) is 13.5. The minimum Gasteiger partial charge on any atom is -0.355 e. The number of nitrogens with one attached hydrogen (secondary N) is 1. The molecule has 1 aliphatic rings. The molecule has 0 radical (unpaired) electrons. The second-order valence-corrected chi connectivity index (χ2v) is 10.5. The molecule has 208 valence electrons. The van der Waals surface area contributed by atoms with E-state index in [2.05, 4.69) is 10.3 Å². The quantitative estimate of drug-likeness (QED) is 0.225. The van der Waals surface area contributed by atoms with Crippen LogP contribution in [0, 0.1) is 17.5 Å². The van der Waals surface area contributed by atoms with E-state index in [4.69, 9.17) is 11.6 Å². The van der Waals surface area contributed by atoms with Crippen molar-refractivity contribution in [3.63, 3.8) is 0 Å². The van der Waals surface area contributed by atoms with Gasteiger partial charge in [-0.05, 0) is 83.1 Å². The maximum atomic E-state index is 14.1. The Morgan fingerprint density at radius 2 is 1.73 bits per heavy atom. The molecule has 41 heavy (non-hydrogen) atoms. The van der Waals surface area contributed by atoms with Gasteiger partial charge in [0.15, 0.2) is 0 Å². The zero-order valence-electron chi connectivity index (χ0n) is 22.2. The number of ketones is 1. The van der Waals surface area contributed by atoms with Crippen LogP contribution in [-0.2, 0) is 17.6 Å². The number of pyridine rings is 1. The molecule has 5 rings (SSSR count). The summed E-state index contributed by atoms with van der Waals surface area (Å²) >= 11 is 6.43. The van der Waals surface area contributed by atoms with Crippen molar-refractivity contribution in [3.05, 3.63) is 129 Å². The van der Waals surface area contributed by atoms with Crippen LogP contribution < -0.4 is 5.32 Å². The zero-order chi connectivity index (χ0) is 29.1. The second-order valence-electron chi connectivity index (χ2n) is 10.0. The van der Waals surface area contributed by atoms with Gasteiger partial charge in [-0.2, -0.15) is 0 Å². The van der Waals surface area contributed by atoms with E-state index in [0.717, 1.165) is 22.8 Å². The highest BCUT2D eigenvalue weighted by Crippen LogP contribution is 2.36. The molecule has 1 heterocycles. The maximum absolute atomic E-state index is 14.1. The van der Waals surface area contributed by atoms with Crippen molar-refractivity contribution < 1.29 is 22.8 Å². The second kappa shape index (κ2) is 12.1. The number of carbonyl (C=O) groups excluding carboxylic acids is 2. The molecule has 0 aliphatic heterocycles. The molecule has 0 spiro atoms. The SMILES string of the molecule is CNC(=O)c1ccc(-c2cccnc2[C@@H](CC(=O)CC2=CCc3ccc(F)cc32)Cc2cc(F)cc(F)c2)cc1Cl. The Labute approximate surface area is 240 Å². The van der Waals surface area contributed by atoms with E-state index in [1.165, 1.54) is 31.3 Å². The molecular formula is C33H26ClF3N2O2. The van der Waals surface area contributed by atoms with Crippen molar-refractivity contribution in [3.8, 4) is 11.1 Å². The topological polar surface area (TPSA) is 59.1 Å². The lowest BCUT2D eigenvalue weighted by Gasteiger charge is -2.20. The monoisotopic (exact) mass is 574 g/mol. The lowest BCUT2D eigenvalue weighted by atomic mass is 9.85. The minimum atomic E-state index is -0.711. The maximum Gasteiger partial charge on any atom is 0.252 e. The first kappa shape index (κ1) is 28.3. The van der Waals surface area contributed by atoms with Gasteiger partial charge < -0.3 is 5.32 Å². The molecule has 0 saturated heterocycles. The number of benzene rings is 3. The van der Waals surface area contributed by atoms with Gasteiger partial charge in [-0.1, -0.05) is 35.9 Å². The Morgan fingerprint density at radius 3 is 2.46 bits per heavy atom. The molecule has 8 heteroatoms. The highest BCUT2D eigenvalue weighted by Gasteiger charge is 2.25. The molecule has 0 fully saturated rings. The minimum absolute atomic E-state index is 0.0359. The third-order valence-electron chi connectivity index (χ3n) is 7.23. The Kier molecular flexibility index (Phi) is 8.36. The van der Waals surface area contributed by atoms with Crippen LogP contribution >= 0.6 is 11.6 Å². The van der Waals surface area contributed by atoms with Crippen LogP contribution in [0.2, 0.25) is 5.02 Å². The molecule has 1 amide bonds. The van der Waals surface area contributed by atoms with Gasteiger partial charge in [0.1, 0.15) is 23.2 Å². The van der Waals surface area contributed by atoms with Crippen LogP contribution in [0.3, 0.4) is 0 Å². The van der Waals surface area contributed by atoms with E-state index < -0.39 is 17.6 Å². The highest BCUT2D eigenvalue weighted by atomic mass is 35.5. The predicted octanol–water partition coefficient (Wildman–Crippen LogP) is 7.49. The van der Waals surface area contributed by atoms with Crippen molar-refractivity contribution in [2.75, 3.05) is 7.05 Å². The Hall–Kier alpha value is -4.23. The fraction of sp³-hybridized carbons (Fsp3) is 0.182. The van der Waals surface area contributed by atoms with Crippen LogP contribution in [0.15, 0.2) is 79.0 Å². The molecule has 4 nitrogen and oxygen atoms in total. The summed E-state index contributed by atoms with van der Waals surface area (Å²) in [5.41, 5.74) is 5.07. The summed E-state index contributed by atoms with van der Waals surface area (Å²) in [5.74, 6) is -2.76. The summed E-state index contributed by atoms with van der Waals surface area (Å²) in [6.07, 6.45) is 4.44. The Balaban J connectivity index is 1.49. The molecule has 1 aliphatic carbocycles. The van der Waals surface area contributed by atoms with Crippen LogP contribution in [-0.4, -0.2) is 23.7 Å². The smallest absolute Gasteiger partial charge is 0.252 e. The zero-order valence-corrected chi connectivity index (χ0v) is 22.9. The largest absolute Gasteiger partial charge is 0.355 e. The normalized spacial score (nSPS) is 13.0. The molecule has 1 atom stereocenters. The Morgan fingerprint density at radius 1 is 0.951 bits per heavy atom. The van der Waals surface area contributed by atoms with Crippen molar-refractivity contribution >= 4 is 28.9 Å². The summed E-state index contributed by atoms with van der Waals surface area (Å²) in [5, 5.41) is 2.79.